The summed E-state index contributed by atoms with van der Waals surface area (Å²) in [5.74, 6) is 0. The minimum absolute atomic E-state index is 0.187. The topological polar surface area (TPSA) is 64.7 Å². The zero-order valence-electron chi connectivity index (χ0n) is 10.3. The predicted octanol–water partition coefficient (Wildman–Crippen LogP) is 2.30. The van der Waals surface area contributed by atoms with Crippen LogP contribution in [-0.2, 0) is 6.42 Å². The number of hydrogen-bond acceptors (Lipinski definition) is 5. The van der Waals surface area contributed by atoms with Crippen molar-refractivity contribution in [1.82, 2.24) is 15.0 Å². The second kappa shape index (κ2) is 6.47. The number of pyridine rings is 1. The van der Waals surface area contributed by atoms with Gasteiger partial charge in [-0.25, -0.2) is 9.97 Å². The molecule has 4 nitrogen and oxygen atoms in total. The Balaban J connectivity index is 2.00. The van der Waals surface area contributed by atoms with Crippen molar-refractivity contribution in [3.05, 3.63) is 42.5 Å². The molecule has 2 N–H and O–H groups in total. The van der Waals surface area contributed by atoms with Crippen molar-refractivity contribution < 1.29 is 0 Å². The highest BCUT2D eigenvalue weighted by Gasteiger charge is 2.04. The molecule has 2 aromatic rings. The Kier molecular flexibility index (Phi) is 4.66. The molecular weight excluding hydrogens is 244 g/mol. The Bertz CT molecular complexity index is 472. The first-order valence-corrected chi connectivity index (χ1v) is 6.74. The number of nitrogens with zero attached hydrogens (tertiary/aromatic N) is 3. The Labute approximate surface area is 111 Å². The summed E-state index contributed by atoms with van der Waals surface area (Å²) in [5.41, 5.74) is 6.99. The van der Waals surface area contributed by atoms with Gasteiger partial charge in [-0.1, -0.05) is 6.92 Å². The minimum atomic E-state index is 0.187. The average Bonchev–Trinajstić information content (AvgIpc) is 2.42. The van der Waals surface area contributed by atoms with Crippen molar-refractivity contribution >= 4 is 11.8 Å². The molecule has 2 heterocycles. The van der Waals surface area contributed by atoms with Crippen LogP contribution in [0.15, 0.2) is 47.0 Å². The Morgan fingerprint density at radius 1 is 1.22 bits per heavy atom. The van der Waals surface area contributed by atoms with Crippen LogP contribution in [0.5, 0.6) is 0 Å². The van der Waals surface area contributed by atoms with E-state index in [1.165, 1.54) is 11.8 Å². The molecule has 1 unspecified atom stereocenters. The fourth-order valence-electron chi connectivity index (χ4n) is 1.46. The third kappa shape index (κ3) is 3.78. The molecule has 18 heavy (non-hydrogen) atoms. The maximum Gasteiger partial charge on any atom is 0.192 e. The van der Waals surface area contributed by atoms with E-state index in [1.54, 1.807) is 12.4 Å². The molecule has 0 bridgehead atoms. The second-order valence-corrected chi connectivity index (χ2v) is 5.07. The standard InChI is InChI=1S/C13H16N4S/c1-2-11(14)7-10-8-16-13(17-9-10)18-12-3-5-15-6-4-12/h3-6,8-9,11H,2,7,14H2,1H3. The molecule has 94 valence electrons. The molecule has 1 atom stereocenters. The van der Waals surface area contributed by atoms with Gasteiger partial charge in [0.1, 0.15) is 0 Å². The van der Waals surface area contributed by atoms with E-state index in [0.717, 1.165) is 28.5 Å². The van der Waals surface area contributed by atoms with E-state index in [-0.39, 0.29) is 6.04 Å². The van der Waals surface area contributed by atoms with Crippen LogP contribution in [0, 0.1) is 0 Å². The third-order valence-corrected chi connectivity index (χ3v) is 3.46. The summed E-state index contributed by atoms with van der Waals surface area (Å²) in [6.45, 7) is 2.08. The highest BCUT2D eigenvalue weighted by atomic mass is 32.2. The third-order valence-electron chi connectivity index (χ3n) is 2.56. The monoisotopic (exact) mass is 260 g/mol. The lowest BCUT2D eigenvalue weighted by Gasteiger charge is -2.07. The van der Waals surface area contributed by atoms with Crippen LogP contribution in [0.4, 0.5) is 0 Å². The minimum Gasteiger partial charge on any atom is -0.327 e. The fourth-order valence-corrected chi connectivity index (χ4v) is 2.14. The quantitative estimate of drug-likeness (QED) is 0.836. The predicted molar refractivity (Wildman–Crippen MR) is 72.4 cm³/mol. The Morgan fingerprint density at radius 3 is 2.50 bits per heavy atom. The highest BCUT2D eigenvalue weighted by Crippen LogP contribution is 2.23. The number of nitrogens with two attached hydrogens (primary N) is 1. The lowest BCUT2D eigenvalue weighted by atomic mass is 10.1. The van der Waals surface area contributed by atoms with E-state index < -0.39 is 0 Å². The van der Waals surface area contributed by atoms with Crippen LogP contribution in [0.1, 0.15) is 18.9 Å². The first kappa shape index (κ1) is 13.0. The van der Waals surface area contributed by atoms with Gasteiger partial charge in [0.25, 0.3) is 0 Å². The van der Waals surface area contributed by atoms with E-state index in [9.17, 15) is 0 Å². The molecule has 0 aliphatic rings. The largest absolute Gasteiger partial charge is 0.327 e. The zero-order chi connectivity index (χ0) is 12.8. The molecule has 0 spiro atoms. The summed E-state index contributed by atoms with van der Waals surface area (Å²) in [6, 6.07) is 4.07. The summed E-state index contributed by atoms with van der Waals surface area (Å²) in [4.78, 5) is 13.7. The van der Waals surface area contributed by atoms with Crippen molar-refractivity contribution in [3.63, 3.8) is 0 Å². The molecule has 0 aliphatic heterocycles. The van der Waals surface area contributed by atoms with Crippen LogP contribution in [0.3, 0.4) is 0 Å². The normalized spacial score (nSPS) is 12.3. The Morgan fingerprint density at radius 2 is 1.89 bits per heavy atom. The van der Waals surface area contributed by atoms with Crippen LogP contribution >= 0.6 is 11.8 Å². The molecule has 0 saturated carbocycles. The molecule has 0 saturated heterocycles. The van der Waals surface area contributed by atoms with Crippen molar-refractivity contribution in [2.75, 3.05) is 0 Å². The van der Waals surface area contributed by atoms with Crippen LogP contribution in [0.2, 0.25) is 0 Å². The van der Waals surface area contributed by atoms with E-state index in [2.05, 4.69) is 21.9 Å². The van der Waals surface area contributed by atoms with Gasteiger partial charge in [0.2, 0.25) is 0 Å². The number of hydrogen-bond donors (Lipinski definition) is 1. The summed E-state index contributed by atoms with van der Waals surface area (Å²) in [7, 11) is 0. The fraction of sp³-hybridized carbons (Fsp3) is 0.308. The smallest absolute Gasteiger partial charge is 0.192 e. The molecule has 2 rings (SSSR count). The van der Waals surface area contributed by atoms with Gasteiger partial charge >= 0.3 is 0 Å². The number of rotatable bonds is 5. The lowest BCUT2D eigenvalue weighted by Crippen LogP contribution is -2.21. The molecule has 5 heteroatoms. The molecule has 0 aromatic carbocycles. The van der Waals surface area contributed by atoms with Crippen molar-refractivity contribution in [1.29, 1.82) is 0 Å². The van der Waals surface area contributed by atoms with Crippen molar-refractivity contribution in [2.24, 2.45) is 5.73 Å². The molecule has 0 amide bonds. The van der Waals surface area contributed by atoms with Gasteiger partial charge in [-0.3, -0.25) is 4.98 Å². The Hall–Kier alpha value is -1.46. The summed E-state index contributed by atoms with van der Waals surface area (Å²) >= 11 is 1.53. The summed E-state index contributed by atoms with van der Waals surface area (Å²) in [6.07, 6.45) is 9.02. The van der Waals surface area contributed by atoms with Gasteiger partial charge in [-0.2, -0.15) is 0 Å². The molecule has 0 fully saturated rings. The number of aromatic nitrogens is 3. The van der Waals surface area contributed by atoms with Crippen LogP contribution < -0.4 is 5.73 Å². The maximum absolute atomic E-state index is 5.90. The molecule has 0 radical (unpaired) electrons. The van der Waals surface area contributed by atoms with Crippen LogP contribution in [0.25, 0.3) is 0 Å². The molecule has 0 aliphatic carbocycles. The van der Waals surface area contributed by atoms with E-state index >= 15 is 0 Å². The van der Waals surface area contributed by atoms with Gasteiger partial charge in [-0.15, -0.1) is 0 Å². The van der Waals surface area contributed by atoms with Gasteiger partial charge < -0.3 is 5.73 Å². The first-order chi connectivity index (χ1) is 8.78. The zero-order valence-corrected chi connectivity index (χ0v) is 11.1. The maximum atomic E-state index is 5.90. The van der Waals surface area contributed by atoms with Gasteiger partial charge in [-0.05, 0) is 42.3 Å². The first-order valence-electron chi connectivity index (χ1n) is 5.92. The lowest BCUT2D eigenvalue weighted by molar-refractivity contribution is 0.641. The average molecular weight is 260 g/mol. The SMILES string of the molecule is CCC(N)Cc1cnc(Sc2ccncc2)nc1. The highest BCUT2D eigenvalue weighted by molar-refractivity contribution is 7.99. The van der Waals surface area contributed by atoms with Crippen LogP contribution in [-0.4, -0.2) is 21.0 Å². The molecular formula is C13H16N4S. The van der Waals surface area contributed by atoms with Gasteiger partial charge in [0.15, 0.2) is 5.16 Å². The van der Waals surface area contributed by atoms with E-state index in [0.29, 0.717) is 0 Å². The summed E-state index contributed by atoms with van der Waals surface area (Å²) < 4.78 is 0. The second-order valence-electron chi connectivity index (χ2n) is 4.03. The van der Waals surface area contributed by atoms with Crippen molar-refractivity contribution in [3.8, 4) is 0 Å². The van der Waals surface area contributed by atoms with Crippen molar-refractivity contribution in [2.45, 2.75) is 35.9 Å². The van der Waals surface area contributed by atoms with E-state index in [4.69, 9.17) is 5.73 Å². The summed E-state index contributed by atoms with van der Waals surface area (Å²) in [5, 5.41) is 0.745. The van der Waals surface area contributed by atoms with Gasteiger partial charge in [0, 0.05) is 35.7 Å². The van der Waals surface area contributed by atoms with Gasteiger partial charge in [0.05, 0.1) is 0 Å². The molecule has 2 aromatic heterocycles. The van der Waals surface area contributed by atoms with E-state index in [1.807, 2.05) is 24.5 Å².